The molecule has 292 valence electrons. The van der Waals surface area contributed by atoms with Gasteiger partial charge >= 0.3 is 0 Å². The van der Waals surface area contributed by atoms with E-state index in [-0.39, 0.29) is 30.0 Å². The zero-order valence-electron chi connectivity index (χ0n) is 31.0. The van der Waals surface area contributed by atoms with Gasteiger partial charge in [-0.2, -0.15) is 10.2 Å². The van der Waals surface area contributed by atoms with Crippen molar-refractivity contribution in [2.45, 2.75) is 23.4 Å². The Bertz CT molecular complexity index is 2460. The van der Waals surface area contributed by atoms with E-state index in [1.807, 2.05) is 87.2 Å². The quantitative estimate of drug-likeness (QED) is 0.186. The molecule has 4 aromatic carbocycles. The zero-order valence-corrected chi connectivity index (χ0v) is 32.5. The molecule has 4 aliphatic rings. The molecule has 6 heterocycles. The molecule has 12 nitrogen and oxygen atoms in total. The number of aryl methyl sites for hydroxylation is 2. The van der Waals surface area contributed by atoms with Crippen molar-refractivity contribution < 1.29 is 37.3 Å². The third-order valence-electron chi connectivity index (χ3n) is 9.95. The van der Waals surface area contributed by atoms with Crippen molar-refractivity contribution >= 4 is 39.1 Å². The molecule has 0 aliphatic carbocycles. The van der Waals surface area contributed by atoms with Crippen LogP contribution in [0.5, 0.6) is 0 Å². The molecule has 2 aromatic heterocycles. The number of nitrogens with zero attached hydrogens (tertiary/aromatic N) is 5. The third kappa shape index (κ3) is 7.17. The van der Waals surface area contributed by atoms with Gasteiger partial charge in [0, 0.05) is 59.6 Å². The van der Waals surface area contributed by atoms with Crippen LogP contribution in [0.25, 0.3) is 22.3 Å². The minimum atomic E-state index is -1.40. The van der Waals surface area contributed by atoms with Gasteiger partial charge in [-0.1, -0.05) is 76.6 Å². The largest absolute Gasteiger partial charge is 0.336 e. The lowest BCUT2D eigenvalue weighted by molar-refractivity contribution is -0.180. The maximum absolute atomic E-state index is 14.8. The molecule has 15 heteroatoms. The Morgan fingerprint density at radius 3 is 1.75 bits per heavy atom. The van der Waals surface area contributed by atoms with Crippen LogP contribution in [0, 0.1) is 11.6 Å². The molecule has 2 spiro atoms. The standard InChI is InChI=1S/C21H18FN3O3.C11H10BrFN2.C10H9NO3/c1-24-12-16(11-23-24)14-6-7-15(18(22)10-14)13-25-19-5-3-2-4-17(19)21(20(25)26)27-8-9-28-21;1-15-7-10(6-14-15)8-2-3-9(5-12)11(13)4-8;12-9-10(13-5-6-14-10)7-3-1-2-4-8(7)11-9/h2-7,10-12H,8-9,13H2,1H3;2-4,6-7H,5H2,1H3;1-4H,5-6H2,(H,11,12). The molecule has 0 bridgehead atoms. The first-order chi connectivity index (χ1) is 27.6. The van der Waals surface area contributed by atoms with Crippen LogP contribution in [0.3, 0.4) is 0 Å². The molecule has 2 fully saturated rings. The predicted octanol–water partition coefficient (Wildman–Crippen LogP) is 6.93. The van der Waals surface area contributed by atoms with E-state index in [1.165, 1.54) is 17.0 Å². The average Bonchev–Trinajstić information content (AvgIpc) is 4.09. The van der Waals surface area contributed by atoms with Crippen LogP contribution in [0.1, 0.15) is 22.3 Å². The highest BCUT2D eigenvalue weighted by Gasteiger charge is 2.56. The van der Waals surface area contributed by atoms with Crippen molar-refractivity contribution in [2.75, 3.05) is 36.6 Å². The molecule has 0 radical (unpaired) electrons. The zero-order chi connectivity index (χ0) is 39.7. The van der Waals surface area contributed by atoms with E-state index < -0.39 is 11.6 Å². The average molecular weight is 840 g/mol. The van der Waals surface area contributed by atoms with E-state index in [9.17, 15) is 18.4 Å². The fourth-order valence-electron chi connectivity index (χ4n) is 7.14. The number of ether oxygens (including phenoxy) is 4. The number of alkyl halides is 1. The summed E-state index contributed by atoms with van der Waals surface area (Å²) in [6, 6.07) is 25.0. The normalized spacial score (nSPS) is 16.9. The van der Waals surface area contributed by atoms with Gasteiger partial charge in [-0.3, -0.25) is 19.0 Å². The number of nitrogens with one attached hydrogen (secondary N) is 1. The van der Waals surface area contributed by atoms with Gasteiger partial charge < -0.3 is 29.2 Å². The summed E-state index contributed by atoms with van der Waals surface area (Å²) in [5.74, 6) is -3.67. The van der Waals surface area contributed by atoms with Gasteiger partial charge in [-0.05, 0) is 41.0 Å². The number of para-hydroxylation sites is 2. The molecule has 1 N–H and O–H groups in total. The number of carbonyl (C=O) groups excluding carboxylic acids is 2. The summed E-state index contributed by atoms with van der Waals surface area (Å²) in [6.07, 6.45) is 7.10. The second kappa shape index (κ2) is 15.8. The van der Waals surface area contributed by atoms with E-state index in [0.717, 1.165) is 33.5 Å². The smallest absolute Gasteiger partial charge is 0.292 e. The third-order valence-corrected chi connectivity index (χ3v) is 10.6. The topological polar surface area (TPSA) is 122 Å². The van der Waals surface area contributed by atoms with E-state index in [1.54, 1.807) is 33.9 Å². The maximum atomic E-state index is 14.8. The monoisotopic (exact) mass is 838 g/mol. The second-order valence-corrected chi connectivity index (χ2v) is 14.1. The van der Waals surface area contributed by atoms with E-state index >= 15 is 0 Å². The van der Waals surface area contributed by atoms with Crippen LogP contribution < -0.4 is 10.2 Å². The Hall–Kier alpha value is -5.58. The van der Waals surface area contributed by atoms with Crippen LogP contribution in [0.15, 0.2) is 110 Å². The van der Waals surface area contributed by atoms with Gasteiger partial charge in [0.2, 0.25) is 0 Å². The van der Waals surface area contributed by atoms with Gasteiger partial charge in [-0.25, -0.2) is 8.78 Å². The van der Waals surface area contributed by atoms with Crippen LogP contribution in [-0.2, 0) is 66.1 Å². The summed E-state index contributed by atoms with van der Waals surface area (Å²) >= 11 is 3.24. The number of benzene rings is 4. The Morgan fingerprint density at radius 2 is 1.21 bits per heavy atom. The van der Waals surface area contributed by atoms with E-state index in [4.69, 9.17) is 18.9 Å². The molecule has 2 amide bonds. The first-order valence-corrected chi connectivity index (χ1v) is 19.2. The highest BCUT2D eigenvalue weighted by Crippen LogP contribution is 2.46. The molecule has 0 atom stereocenters. The number of halogens is 3. The number of carbonyl (C=O) groups is 2. The molecule has 57 heavy (non-hydrogen) atoms. The lowest BCUT2D eigenvalue weighted by Gasteiger charge is -2.22. The maximum Gasteiger partial charge on any atom is 0.292 e. The summed E-state index contributed by atoms with van der Waals surface area (Å²) < 4.78 is 53.9. The molecule has 4 aliphatic heterocycles. The molecule has 0 unspecified atom stereocenters. The Morgan fingerprint density at radius 1 is 0.684 bits per heavy atom. The Balaban J connectivity index is 0.000000132. The lowest BCUT2D eigenvalue weighted by atomic mass is 10.1. The van der Waals surface area contributed by atoms with Crippen LogP contribution in [0.4, 0.5) is 20.2 Å². The number of hydrogen-bond donors (Lipinski definition) is 1. The number of amides is 2. The summed E-state index contributed by atoms with van der Waals surface area (Å²) in [6.45, 7) is 1.72. The summed E-state index contributed by atoms with van der Waals surface area (Å²) in [5, 5.41) is 11.4. The minimum absolute atomic E-state index is 0.101. The van der Waals surface area contributed by atoms with Crippen molar-refractivity contribution in [1.29, 1.82) is 0 Å². The van der Waals surface area contributed by atoms with Crippen molar-refractivity contribution in [3.63, 3.8) is 0 Å². The van der Waals surface area contributed by atoms with Gasteiger partial charge in [0.15, 0.2) is 0 Å². The molecule has 10 rings (SSSR count). The van der Waals surface area contributed by atoms with Crippen molar-refractivity contribution in [3.8, 4) is 22.3 Å². The molecule has 0 saturated carbocycles. The molecule has 6 aromatic rings. The summed E-state index contributed by atoms with van der Waals surface area (Å²) in [7, 11) is 3.65. The summed E-state index contributed by atoms with van der Waals surface area (Å²) in [4.78, 5) is 26.4. The highest BCUT2D eigenvalue weighted by atomic mass is 79.9. The Kier molecular flexibility index (Phi) is 10.6. The van der Waals surface area contributed by atoms with Crippen molar-refractivity contribution in [2.24, 2.45) is 14.1 Å². The number of rotatable bonds is 5. The number of anilines is 2. The fraction of sp³-hybridized carbons (Fsp3) is 0.238. The van der Waals surface area contributed by atoms with Crippen molar-refractivity contribution in [1.82, 2.24) is 19.6 Å². The van der Waals surface area contributed by atoms with Gasteiger partial charge in [0.25, 0.3) is 23.4 Å². The number of aromatic nitrogens is 4. The van der Waals surface area contributed by atoms with E-state index in [2.05, 4.69) is 31.4 Å². The minimum Gasteiger partial charge on any atom is -0.336 e. The second-order valence-electron chi connectivity index (χ2n) is 13.6. The van der Waals surface area contributed by atoms with Crippen LogP contribution in [-0.4, -0.2) is 57.8 Å². The highest BCUT2D eigenvalue weighted by molar-refractivity contribution is 9.08. The molecular weight excluding hydrogens is 802 g/mol. The van der Waals surface area contributed by atoms with Gasteiger partial charge in [0.1, 0.15) is 11.6 Å². The molecular formula is C42H37BrF2N6O6. The van der Waals surface area contributed by atoms with Crippen molar-refractivity contribution in [3.05, 3.63) is 144 Å². The van der Waals surface area contributed by atoms with E-state index in [0.29, 0.717) is 54.1 Å². The first kappa shape index (κ1) is 38.3. The predicted molar refractivity (Wildman–Crippen MR) is 210 cm³/mol. The SMILES string of the molecule is Cn1cc(-c2ccc(CBr)c(F)c2)cn1.Cn1cc(-c2ccc(CN3C(=O)C4(OCCO4)c4ccccc43)c(F)c2)cn1.O=C1Nc2ccccc2C12OCCO2. The van der Waals surface area contributed by atoms with Crippen LogP contribution >= 0.6 is 15.9 Å². The first-order valence-electron chi connectivity index (χ1n) is 18.1. The van der Waals surface area contributed by atoms with Crippen LogP contribution in [0.2, 0.25) is 0 Å². The Labute approximate surface area is 335 Å². The summed E-state index contributed by atoms with van der Waals surface area (Å²) in [5.41, 5.74) is 7.36. The number of hydrogen-bond acceptors (Lipinski definition) is 8. The van der Waals surface area contributed by atoms with Gasteiger partial charge in [0.05, 0.1) is 56.7 Å². The fourth-order valence-corrected chi connectivity index (χ4v) is 7.60. The lowest BCUT2D eigenvalue weighted by Crippen LogP contribution is -2.41. The number of fused-ring (bicyclic) bond motifs is 4. The molecule has 2 saturated heterocycles. The van der Waals surface area contributed by atoms with Gasteiger partial charge in [-0.15, -0.1) is 0 Å².